The lowest BCUT2D eigenvalue weighted by Gasteiger charge is -2.36. The van der Waals surface area contributed by atoms with Crippen molar-refractivity contribution >= 4 is 16.3 Å². The summed E-state index contributed by atoms with van der Waals surface area (Å²) in [6.07, 6.45) is 3.63. The van der Waals surface area contributed by atoms with Crippen LogP contribution in [0.4, 0.5) is 4.39 Å². The zero-order valence-electron chi connectivity index (χ0n) is 13.4. The molecule has 0 unspecified atom stereocenters. The van der Waals surface area contributed by atoms with Crippen LogP contribution in [-0.2, 0) is 0 Å². The minimum absolute atomic E-state index is 0.0976. The topological polar surface area (TPSA) is 53.7 Å². The molecule has 0 radical (unpaired) electrons. The maximum absolute atomic E-state index is 13.8. The zero-order valence-corrected chi connectivity index (χ0v) is 14.2. The summed E-state index contributed by atoms with van der Waals surface area (Å²) >= 11 is 1.41. The quantitative estimate of drug-likeness (QED) is 0.789. The van der Waals surface area contributed by atoms with E-state index in [-0.39, 0.29) is 17.7 Å². The number of aromatic nitrogens is 3. The molecule has 0 spiro atoms. The van der Waals surface area contributed by atoms with Crippen molar-refractivity contribution in [2.24, 2.45) is 5.92 Å². The van der Waals surface area contributed by atoms with Gasteiger partial charge in [0.15, 0.2) is 0 Å². The van der Waals surface area contributed by atoms with Crippen LogP contribution < -0.4 is 0 Å². The number of halogens is 1. The second-order valence-electron chi connectivity index (χ2n) is 6.42. The average Bonchev–Trinajstić information content (AvgIpc) is 3.14. The first-order chi connectivity index (χ1) is 11.6. The molecule has 1 fully saturated rings. The predicted molar refractivity (Wildman–Crippen MR) is 90.7 cm³/mol. The van der Waals surface area contributed by atoms with Gasteiger partial charge in [0.1, 0.15) is 12.1 Å². The molecular formula is C17H19FN4OS. The van der Waals surface area contributed by atoms with Crippen molar-refractivity contribution in [3.63, 3.8) is 0 Å². The number of hydrogen-bond acceptors (Lipinski definition) is 5. The fourth-order valence-corrected chi connectivity index (χ4v) is 4.45. The molecule has 0 amide bonds. The molecule has 1 N–H and O–H groups in total. The van der Waals surface area contributed by atoms with Crippen molar-refractivity contribution in [1.29, 1.82) is 0 Å². The Morgan fingerprint density at radius 3 is 2.83 bits per heavy atom. The van der Waals surface area contributed by atoms with Gasteiger partial charge in [-0.05, 0) is 49.5 Å². The standard InChI is InChI=1S/C17H19FN4OS/c1-11-5-7-21(8-6-11)14(12-3-2-4-13(18)9-12)15-16(23)22-17(24-15)19-10-20-22/h2-4,9-11,14,23H,5-8H2,1H3/t14-/m0/s1. The number of likely N-dealkylation sites (tertiary alicyclic amines) is 1. The van der Waals surface area contributed by atoms with Crippen LogP contribution in [0.3, 0.4) is 0 Å². The van der Waals surface area contributed by atoms with Gasteiger partial charge in [-0.25, -0.2) is 9.37 Å². The van der Waals surface area contributed by atoms with Gasteiger partial charge in [0, 0.05) is 0 Å². The Balaban J connectivity index is 1.80. The molecule has 126 valence electrons. The number of fused-ring (bicyclic) bond motifs is 1. The van der Waals surface area contributed by atoms with Crippen LogP contribution in [0.2, 0.25) is 0 Å². The molecule has 7 heteroatoms. The molecule has 24 heavy (non-hydrogen) atoms. The third-order valence-corrected chi connectivity index (χ3v) is 5.82. The number of benzene rings is 1. The molecule has 5 nitrogen and oxygen atoms in total. The van der Waals surface area contributed by atoms with Crippen molar-refractivity contribution < 1.29 is 9.50 Å². The third-order valence-electron chi connectivity index (χ3n) is 4.73. The van der Waals surface area contributed by atoms with Gasteiger partial charge >= 0.3 is 0 Å². The molecule has 1 aliphatic heterocycles. The van der Waals surface area contributed by atoms with Gasteiger partial charge in [-0.3, -0.25) is 4.90 Å². The van der Waals surface area contributed by atoms with E-state index in [0.29, 0.717) is 10.9 Å². The Bertz CT molecular complexity index is 853. The smallest absolute Gasteiger partial charge is 0.230 e. The first kappa shape index (κ1) is 15.5. The molecule has 2 aromatic heterocycles. The van der Waals surface area contributed by atoms with Crippen molar-refractivity contribution in [1.82, 2.24) is 19.5 Å². The normalized spacial score (nSPS) is 18.2. The summed E-state index contributed by atoms with van der Waals surface area (Å²) in [5.41, 5.74) is 0.851. The molecule has 4 rings (SSSR count). The van der Waals surface area contributed by atoms with Crippen LogP contribution in [-0.4, -0.2) is 37.7 Å². The molecular weight excluding hydrogens is 327 g/mol. The Labute approximate surface area is 143 Å². The Morgan fingerprint density at radius 1 is 1.33 bits per heavy atom. The Morgan fingerprint density at radius 2 is 2.12 bits per heavy atom. The van der Waals surface area contributed by atoms with Gasteiger partial charge in [-0.1, -0.05) is 30.4 Å². The molecule has 0 aliphatic carbocycles. The van der Waals surface area contributed by atoms with Crippen LogP contribution >= 0.6 is 11.3 Å². The van der Waals surface area contributed by atoms with E-state index >= 15 is 0 Å². The number of hydrogen-bond donors (Lipinski definition) is 1. The van der Waals surface area contributed by atoms with E-state index in [1.54, 1.807) is 12.1 Å². The van der Waals surface area contributed by atoms with Crippen LogP contribution in [0.25, 0.3) is 4.96 Å². The lowest BCUT2D eigenvalue weighted by Crippen LogP contribution is -2.36. The third kappa shape index (κ3) is 2.67. The number of nitrogens with zero attached hydrogens (tertiary/aromatic N) is 4. The molecule has 1 saturated heterocycles. The first-order valence-corrected chi connectivity index (χ1v) is 8.96. The summed E-state index contributed by atoms with van der Waals surface area (Å²) in [6.45, 7) is 4.11. The van der Waals surface area contributed by atoms with Gasteiger partial charge in [0.25, 0.3) is 0 Å². The summed E-state index contributed by atoms with van der Waals surface area (Å²) in [6, 6.07) is 6.46. The van der Waals surface area contributed by atoms with Crippen molar-refractivity contribution in [2.75, 3.05) is 13.1 Å². The summed E-state index contributed by atoms with van der Waals surface area (Å²) in [5.74, 6) is 0.535. The van der Waals surface area contributed by atoms with Gasteiger partial charge in [-0.2, -0.15) is 9.61 Å². The fraction of sp³-hybridized carbons (Fsp3) is 0.412. The SMILES string of the molecule is CC1CCN([C@@H](c2cccc(F)c2)c2sc3ncnn3c2O)CC1. The average molecular weight is 346 g/mol. The van der Waals surface area contributed by atoms with Gasteiger partial charge in [0.2, 0.25) is 10.8 Å². The van der Waals surface area contributed by atoms with Gasteiger partial charge in [-0.15, -0.1) is 0 Å². The lowest BCUT2D eigenvalue weighted by atomic mass is 9.95. The second-order valence-corrected chi connectivity index (χ2v) is 7.43. The molecule has 3 heterocycles. The number of thiazole rings is 1. The van der Waals surface area contributed by atoms with E-state index in [4.69, 9.17) is 0 Å². The summed E-state index contributed by atoms with van der Waals surface area (Å²) in [7, 11) is 0. The second kappa shape index (κ2) is 6.14. The highest BCUT2D eigenvalue weighted by atomic mass is 32.1. The van der Waals surface area contributed by atoms with E-state index in [2.05, 4.69) is 21.9 Å². The van der Waals surface area contributed by atoms with Crippen LogP contribution in [0, 0.1) is 11.7 Å². The summed E-state index contributed by atoms with van der Waals surface area (Å²) < 4.78 is 15.3. The maximum Gasteiger partial charge on any atom is 0.230 e. The Kier molecular flexibility index (Phi) is 3.97. The molecule has 0 saturated carbocycles. The van der Waals surface area contributed by atoms with Crippen LogP contribution in [0.5, 0.6) is 5.88 Å². The maximum atomic E-state index is 13.8. The predicted octanol–water partition coefficient (Wildman–Crippen LogP) is 3.46. The van der Waals surface area contributed by atoms with E-state index in [9.17, 15) is 9.50 Å². The molecule has 1 atom stereocenters. The summed E-state index contributed by atoms with van der Waals surface area (Å²) in [4.78, 5) is 7.90. The van der Waals surface area contributed by atoms with Crippen molar-refractivity contribution in [3.05, 3.63) is 46.9 Å². The van der Waals surface area contributed by atoms with Crippen LogP contribution in [0.1, 0.15) is 36.2 Å². The van der Waals surface area contributed by atoms with E-state index in [1.807, 2.05) is 6.07 Å². The van der Waals surface area contributed by atoms with Crippen molar-refractivity contribution in [2.45, 2.75) is 25.8 Å². The van der Waals surface area contributed by atoms with Gasteiger partial charge < -0.3 is 5.11 Å². The van der Waals surface area contributed by atoms with E-state index in [1.165, 1.54) is 28.2 Å². The highest BCUT2D eigenvalue weighted by molar-refractivity contribution is 7.17. The summed E-state index contributed by atoms with van der Waals surface area (Å²) in [5, 5.41) is 14.7. The fourth-order valence-electron chi connectivity index (χ4n) is 3.36. The molecule has 1 aromatic carbocycles. The largest absolute Gasteiger partial charge is 0.492 e. The van der Waals surface area contributed by atoms with Gasteiger partial charge in [0.05, 0.1) is 10.9 Å². The van der Waals surface area contributed by atoms with Crippen molar-refractivity contribution in [3.8, 4) is 5.88 Å². The minimum Gasteiger partial charge on any atom is -0.492 e. The monoisotopic (exact) mass is 346 g/mol. The van der Waals surface area contributed by atoms with Crippen LogP contribution in [0.15, 0.2) is 30.6 Å². The zero-order chi connectivity index (χ0) is 16.7. The minimum atomic E-state index is -0.262. The number of piperidine rings is 1. The molecule has 3 aromatic rings. The van der Waals surface area contributed by atoms with E-state index < -0.39 is 0 Å². The Hall–Kier alpha value is -1.99. The number of aromatic hydroxyl groups is 1. The molecule has 1 aliphatic rings. The van der Waals surface area contributed by atoms with E-state index in [0.717, 1.165) is 36.4 Å². The number of rotatable bonds is 3. The first-order valence-electron chi connectivity index (χ1n) is 8.14. The molecule has 0 bridgehead atoms. The lowest BCUT2D eigenvalue weighted by molar-refractivity contribution is 0.157. The highest BCUT2D eigenvalue weighted by Gasteiger charge is 2.31. The highest BCUT2D eigenvalue weighted by Crippen LogP contribution is 2.41.